The summed E-state index contributed by atoms with van der Waals surface area (Å²) in [6, 6.07) is 3.91. The Labute approximate surface area is 358 Å². The second kappa shape index (κ2) is 18.6. The fraction of sp³-hybridized carbons (Fsp3) is 0.619. The van der Waals surface area contributed by atoms with E-state index in [4.69, 9.17) is 19.4 Å². The Hall–Kier alpha value is -4.55. The van der Waals surface area contributed by atoms with Crippen LogP contribution in [0.15, 0.2) is 36.2 Å². The van der Waals surface area contributed by atoms with Crippen LogP contribution < -0.4 is 20.1 Å². The van der Waals surface area contributed by atoms with Gasteiger partial charge in [-0.25, -0.2) is 14.5 Å². The number of likely N-dealkylation sites (tertiary alicyclic amines) is 1. The Balaban J connectivity index is 1.51. The van der Waals surface area contributed by atoms with Crippen LogP contribution in [-0.2, 0) is 29.3 Å². The number of amides is 4. The average molecular weight is 871 g/mol. The predicted octanol–water partition coefficient (Wildman–Crippen LogP) is 6.06. The molecule has 0 unspecified atom stereocenters. The number of fused-ring (bicyclic) bond motifs is 1. The van der Waals surface area contributed by atoms with Gasteiger partial charge in [-0.05, 0) is 65.5 Å². The number of imidazole rings is 1. The van der Waals surface area contributed by atoms with E-state index in [9.17, 15) is 27.6 Å². The molecule has 1 saturated carbocycles. The van der Waals surface area contributed by atoms with E-state index in [0.717, 1.165) is 45.3 Å². The molecule has 3 N–H and O–H groups in total. The molecule has 0 spiro atoms. The average Bonchev–Trinajstić information content (AvgIpc) is 3.50. The van der Waals surface area contributed by atoms with E-state index in [1.165, 1.54) is 25.1 Å². The van der Waals surface area contributed by atoms with Crippen molar-refractivity contribution in [3.63, 3.8) is 0 Å². The number of carbonyl (C=O) groups is 4. The number of hydrogen-bond donors (Lipinski definition) is 3. The van der Waals surface area contributed by atoms with E-state index in [-0.39, 0.29) is 31.3 Å². The van der Waals surface area contributed by atoms with E-state index < -0.39 is 69.3 Å². The van der Waals surface area contributed by atoms with Gasteiger partial charge in [-0.2, -0.15) is 17.7 Å². The number of unbranched alkanes of at least 4 members (excludes halogenated alkanes) is 3. The lowest BCUT2D eigenvalue weighted by molar-refractivity contribution is -0.141. The standard InChI is InChI=1S/C42H62N8O8S2/c1-12-14-15-16-19-30(44-40(54)58-41(7,8)9)37(52)49-23-28(21-33(49)35(51)46-42(22-27(42)13-2)38(53)47-60(55,56)48(10)11)57-39-45-34-29(36-43-31(24-59-36)25(3)4)18-17-20-32(34)50(39)26(5)6/h13,17-18,20,24-28,30,33H,2,12,14-16,19,21-23H2,1,3-11H3,(H,44,54)(H,46,51)(H,47,53)/t27-,28-,30+,33+,42-/m1/s1. The summed E-state index contributed by atoms with van der Waals surface area (Å²) >= 11 is 1.55. The Morgan fingerprint density at radius 3 is 2.40 bits per heavy atom. The molecule has 4 amide bonds. The third kappa shape index (κ3) is 10.5. The van der Waals surface area contributed by atoms with Crippen molar-refractivity contribution in [1.82, 2.24) is 39.1 Å². The Morgan fingerprint density at radius 2 is 1.82 bits per heavy atom. The smallest absolute Gasteiger partial charge is 0.408 e. The molecule has 0 bridgehead atoms. The highest BCUT2D eigenvalue weighted by Gasteiger charge is 2.61. The maximum absolute atomic E-state index is 14.7. The maximum atomic E-state index is 14.7. The van der Waals surface area contributed by atoms with Crippen LogP contribution in [0.4, 0.5) is 4.79 Å². The summed E-state index contributed by atoms with van der Waals surface area (Å²) < 4.78 is 42.5. The lowest BCUT2D eigenvalue weighted by Gasteiger charge is -2.30. The van der Waals surface area contributed by atoms with Gasteiger partial charge in [0, 0.05) is 43.4 Å². The van der Waals surface area contributed by atoms with Gasteiger partial charge in [0.15, 0.2) is 0 Å². The number of nitrogens with one attached hydrogen (secondary N) is 3. The van der Waals surface area contributed by atoms with Crippen LogP contribution in [0.2, 0.25) is 0 Å². The monoisotopic (exact) mass is 870 g/mol. The molecule has 1 aliphatic heterocycles. The normalized spacial score (nSPS) is 21.0. The summed E-state index contributed by atoms with van der Waals surface area (Å²) in [4.78, 5) is 67.2. The Bertz CT molecular complexity index is 2180. The zero-order chi connectivity index (χ0) is 44.3. The number of thiazole rings is 1. The largest absolute Gasteiger partial charge is 0.459 e. The van der Waals surface area contributed by atoms with Gasteiger partial charge in [0.05, 0.1) is 17.8 Å². The first kappa shape index (κ1) is 46.5. The number of benzene rings is 1. The summed E-state index contributed by atoms with van der Waals surface area (Å²) in [7, 11) is -1.63. The molecule has 3 heterocycles. The molecule has 18 heteroatoms. The quantitative estimate of drug-likeness (QED) is 0.1000. The number of aromatic nitrogens is 3. The minimum atomic E-state index is -4.19. The van der Waals surface area contributed by atoms with Crippen molar-refractivity contribution in [2.24, 2.45) is 5.92 Å². The zero-order valence-electron chi connectivity index (χ0n) is 36.5. The van der Waals surface area contributed by atoms with Crippen LogP contribution in [0.5, 0.6) is 6.01 Å². The SMILES string of the molecule is C=C[C@@H]1C[C@]1(NC(=O)[C@@H]1C[C@@H](Oc2nc3c(-c4nc(C(C)C)cs4)cccc3n2C(C)C)CN1C(=O)[C@H](CCCCCC)NC(=O)OC(C)(C)C)C(=O)NS(=O)(=O)N(C)C. The molecule has 60 heavy (non-hydrogen) atoms. The zero-order valence-corrected chi connectivity index (χ0v) is 38.2. The summed E-state index contributed by atoms with van der Waals surface area (Å²) in [5, 5.41) is 8.44. The van der Waals surface area contributed by atoms with Gasteiger partial charge in [0.2, 0.25) is 11.8 Å². The number of para-hydroxylation sites is 1. The van der Waals surface area contributed by atoms with Gasteiger partial charge in [-0.1, -0.05) is 58.6 Å². The highest BCUT2D eigenvalue weighted by atomic mass is 32.2. The third-order valence-electron chi connectivity index (χ3n) is 10.8. The van der Waals surface area contributed by atoms with Crippen molar-refractivity contribution in [3.8, 4) is 16.6 Å². The molecule has 2 fully saturated rings. The molecule has 5 atom stereocenters. The minimum Gasteiger partial charge on any atom is -0.459 e. The highest BCUT2D eigenvalue weighted by molar-refractivity contribution is 7.87. The fourth-order valence-corrected chi connectivity index (χ4v) is 8.97. The van der Waals surface area contributed by atoms with Crippen molar-refractivity contribution in [3.05, 3.63) is 41.9 Å². The van der Waals surface area contributed by atoms with Gasteiger partial charge in [-0.3, -0.25) is 19.0 Å². The van der Waals surface area contributed by atoms with Crippen LogP contribution in [0.25, 0.3) is 21.6 Å². The summed E-state index contributed by atoms with van der Waals surface area (Å²) in [5.74, 6) is -2.42. The molecule has 2 aromatic heterocycles. The number of rotatable bonds is 18. The van der Waals surface area contributed by atoms with E-state index in [2.05, 4.69) is 42.7 Å². The van der Waals surface area contributed by atoms with E-state index in [0.29, 0.717) is 24.4 Å². The van der Waals surface area contributed by atoms with Crippen molar-refractivity contribution >= 4 is 56.4 Å². The number of hydrogen-bond acceptors (Lipinski definition) is 11. The van der Waals surface area contributed by atoms with Crippen LogP contribution in [0.3, 0.4) is 0 Å². The van der Waals surface area contributed by atoms with Crippen molar-refractivity contribution in [1.29, 1.82) is 0 Å². The highest BCUT2D eigenvalue weighted by Crippen LogP contribution is 2.45. The van der Waals surface area contributed by atoms with E-state index >= 15 is 0 Å². The molecule has 3 aromatic rings. The van der Waals surface area contributed by atoms with Gasteiger partial charge in [0.1, 0.15) is 39.9 Å². The molecule has 1 aromatic carbocycles. The molecule has 1 saturated heterocycles. The predicted molar refractivity (Wildman–Crippen MR) is 232 cm³/mol. The molecular weight excluding hydrogens is 809 g/mol. The Morgan fingerprint density at radius 1 is 1.10 bits per heavy atom. The second-order valence-corrected chi connectivity index (χ2v) is 20.3. The van der Waals surface area contributed by atoms with Crippen LogP contribution in [0, 0.1) is 5.92 Å². The Kier molecular flexibility index (Phi) is 14.4. The molecule has 330 valence electrons. The third-order valence-corrected chi connectivity index (χ3v) is 13.1. The molecule has 16 nitrogen and oxygen atoms in total. The lowest BCUT2D eigenvalue weighted by atomic mass is 10.1. The summed E-state index contributed by atoms with van der Waals surface area (Å²) in [5.41, 5.74) is 0.933. The number of nitrogens with zero attached hydrogens (tertiary/aromatic N) is 5. The van der Waals surface area contributed by atoms with Gasteiger partial charge < -0.3 is 25.0 Å². The summed E-state index contributed by atoms with van der Waals surface area (Å²) in [6.45, 7) is 19.2. The van der Waals surface area contributed by atoms with Gasteiger partial charge in [-0.15, -0.1) is 17.9 Å². The van der Waals surface area contributed by atoms with Gasteiger partial charge in [0.25, 0.3) is 11.9 Å². The first-order chi connectivity index (χ1) is 28.1. The molecule has 2 aliphatic rings. The van der Waals surface area contributed by atoms with E-state index in [1.807, 2.05) is 42.0 Å². The number of alkyl carbamates (subject to hydrolysis) is 1. The summed E-state index contributed by atoms with van der Waals surface area (Å²) in [6.07, 6.45) is 3.76. The fourth-order valence-electron chi connectivity index (χ4n) is 7.37. The molecular formula is C42H62N8O8S2. The minimum absolute atomic E-state index is 0.0113. The topological polar surface area (TPSA) is 194 Å². The number of ether oxygens (including phenoxy) is 2. The second-order valence-electron chi connectivity index (χ2n) is 17.5. The van der Waals surface area contributed by atoms with Crippen LogP contribution >= 0.6 is 11.3 Å². The van der Waals surface area contributed by atoms with E-state index in [1.54, 1.807) is 32.1 Å². The first-order valence-electron chi connectivity index (χ1n) is 20.7. The van der Waals surface area contributed by atoms with Crippen molar-refractivity contribution in [2.45, 2.75) is 142 Å². The van der Waals surface area contributed by atoms with Crippen LogP contribution in [-0.4, -0.2) is 106 Å². The number of carbonyl (C=O) groups excluding carboxylic acids is 4. The van der Waals surface area contributed by atoms with Crippen LogP contribution in [0.1, 0.15) is 118 Å². The molecule has 5 rings (SSSR count). The molecule has 0 radical (unpaired) electrons. The van der Waals surface area contributed by atoms with Crippen molar-refractivity contribution < 1.29 is 37.1 Å². The first-order valence-corrected chi connectivity index (χ1v) is 23.1. The maximum Gasteiger partial charge on any atom is 0.408 e. The lowest BCUT2D eigenvalue weighted by Crippen LogP contribution is -2.58. The van der Waals surface area contributed by atoms with Gasteiger partial charge >= 0.3 is 16.3 Å². The molecule has 1 aliphatic carbocycles. The van der Waals surface area contributed by atoms with Crippen molar-refractivity contribution in [2.75, 3.05) is 20.6 Å².